The molecule has 0 saturated heterocycles. The molecule has 0 bridgehead atoms. The van der Waals surface area contributed by atoms with Crippen molar-refractivity contribution in [3.8, 4) is 0 Å². The van der Waals surface area contributed by atoms with Crippen molar-refractivity contribution < 1.29 is 9.90 Å². The zero-order chi connectivity index (χ0) is 10.8. The molecule has 1 N–H and O–H groups in total. The quantitative estimate of drug-likeness (QED) is 0.792. The number of carbonyl (C=O) groups is 1. The maximum Gasteiger partial charge on any atom is 0.307 e. The second kappa shape index (κ2) is 4.18. The molecule has 4 nitrogen and oxygen atoms in total. The van der Waals surface area contributed by atoms with Crippen LogP contribution in [-0.4, -0.2) is 26.3 Å². The Bertz CT molecular complexity index is 366. The van der Waals surface area contributed by atoms with Crippen LogP contribution in [0.1, 0.15) is 18.4 Å². The molecule has 1 heterocycles. The van der Waals surface area contributed by atoms with Crippen LogP contribution in [0.25, 0.3) is 0 Å². The minimum Gasteiger partial charge on any atom is -0.481 e. The number of hydrogen-bond acceptors (Lipinski definition) is 4. The molecule has 0 aromatic carbocycles. The highest BCUT2D eigenvalue weighted by atomic mass is 32.2. The molecule has 1 aromatic heterocycles. The highest BCUT2D eigenvalue weighted by molar-refractivity contribution is 7.99. The second-order valence-electron chi connectivity index (χ2n) is 3.72. The summed E-state index contributed by atoms with van der Waals surface area (Å²) in [7, 11) is 0. The van der Waals surface area contributed by atoms with Gasteiger partial charge in [-0.3, -0.25) is 4.79 Å². The monoisotopic (exact) mass is 224 g/mol. The van der Waals surface area contributed by atoms with E-state index in [9.17, 15) is 4.79 Å². The van der Waals surface area contributed by atoms with Gasteiger partial charge in [0.05, 0.1) is 5.92 Å². The van der Waals surface area contributed by atoms with E-state index in [1.165, 1.54) is 11.8 Å². The van der Waals surface area contributed by atoms with E-state index in [0.717, 1.165) is 18.4 Å². The van der Waals surface area contributed by atoms with Crippen molar-refractivity contribution in [2.24, 2.45) is 5.92 Å². The fraction of sp³-hybridized carbons (Fsp3) is 0.500. The molecular weight excluding hydrogens is 212 g/mol. The van der Waals surface area contributed by atoms with Gasteiger partial charge in [-0.15, -0.1) is 0 Å². The van der Waals surface area contributed by atoms with Gasteiger partial charge in [-0.2, -0.15) is 0 Å². The van der Waals surface area contributed by atoms with E-state index in [-0.39, 0.29) is 11.2 Å². The number of thioether (sulfide) groups is 1. The number of aromatic nitrogens is 2. The van der Waals surface area contributed by atoms with Crippen LogP contribution in [0.15, 0.2) is 17.6 Å². The summed E-state index contributed by atoms with van der Waals surface area (Å²) < 4.78 is 0. The van der Waals surface area contributed by atoms with Crippen LogP contribution < -0.4 is 0 Å². The summed E-state index contributed by atoms with van der Waals surface area (Å²) in [6.07, 6.45) is 5.23. The molecular formula is C10H12N2O2S. The van der Waals surface area contributed by atoms with Crippen LogP contribution in [0.4, 0.5) is 0 Å². The number of carboxylic acid groups (broad SMARTS) is 1. The van der Waals surface area contributed by atoms with E-state index in [1.807, 2.05) is 6.92 Å². The average molecular weight is 224 g/mol. The SMILES string of the molecule is Cc1cnc(SC2CCC2C(=O)O)nc1. The van der Waals surface area contributed by atoms with Crippen LogP contribution in [0, 0.1) is 12.8 Å². The van der Waals surface area contributed by atoms with Gasteiger partial charge in [-0.25, -0.2) is 9.97 Å². The van der Waals surface area contributed by atoms with Gasteiger partial charge >= 0.3 is 5.97 Å². The topological polar surface area (TPSA) is 63.1 Å². The first kappa shape index (κ1) is 10.4. The van der Waals surface area contributed by atoms with Crippen molar-refractivity contribution in [1.29, 1.82) is 0 Å². The Labute approximate surface area is 92.1 Å². The van der Waals surface area contributed by atoms with E-state index >= 15 is 0 Å². The lowest BCUT2D eigenvalue weighted by Crippen LogP contribution is -2.35. The largest absolute Gasteiger partial charge is 0.481 e. The Morgan fingerprint density at radius 2 is 2.13 bits per heavy atom. The third-order valence-electron chi connectivity index (χ3n) is 2.54. The van der Waals surface area contributed by atoms with Crippen molar-refractivity contribution in [3.63, 3.8) is 0 Å². The third kappa shape index (κ3) is 2.28. The Morgan fingerprint density at radius 3 is 2.60 bits per heavy atom. The number of aryl methyl sites for hydroxylation is 1. The highest BCUT2D eigenvalue weighted by Gasteiger charge is 2.37. The summed E-state index contributed by atoms with van der Waals surface area (Å²) in [5.41, 5.74) is 1.02. The molecule has 0 aliphatic heterocycles. The van der Waals surface area contributed by atoms with E-state index in [2.05, 4.69) is 9.97 Å². The summed E-state index contributed by atoms with van der Waals surface area (Å²) in [6, 6.07) is 0. The number of aliphatic carboxylic acids is 1. The molecule has 0 radical (unpaired) electrons. The Balaban J connectivity index is 1.97. The van der Waals surface area contributed by atoms with Gasteiger partial charge in [0.1, 0.15) is 0 Å². The predicted octanol–water partition coefficient (Wildman–Crippen LogP) is 1.74. The number of rotatable bonds is 3. The van der Waals surface area contributed by atoms with E-state index in [1.54, 1.807) is 12.4 Å². The first-order valence-electron chi connectivity index (χ1n) is 4.85. The molecule has 80 valence electrons. The Kier molecular flexibility index (Phi) is 2.90. The van der Waals surface area contributed by atoms with Gasteiger partial charge in [0, 0.05) is 17.6 Å². The van der Waals surface area contributed by atoms with Crippen LogP contribution in [-0.2, 0) is 4.79 Å². The summed E-state index contributed by atoms with van der Waals surface area (Å²) in [6.45, 7) is 1.93. The molecule has 1 aromatic rings. The molecule has 5 heteroatoms. The molecule has 0 spiro atoms. The fourth-order valence-corrected chi connectivity index (χ4v) is 2.64. The Morgan fingerprint density at radius 1 is 1.47 bits per heavy atom. The first-order chi connectivity index (χ1) is 7.16. The lowest BCUT2D eigenvalue weighted by Gasteiger charge is -2.31. The van der Waals surface area contributed by atoms with E-state index in [0.29, 0.717) is 5.16 Å². The minimum absolute atomic E-state index is 0.144. The first-order valence-corrected chi connectivity index (χ1v) is 5.73. The smallest absolute Gasteiger partial charge is 0.307 e. The summed E-state index contributed by atoms with van der Waals surface area (Å²) in [5, 5.41) is 9.69. The highest BCUT2D eigenvalue weighted by Crippen LogP contribution is 2.40. The average Bonchev–Trinajstić information content (AvgIpc) is 2.14. The van der Waals surface area contributed by atoms with Crippen molar-refractivity contribution in [3.05, 3.63) is 18.0 Å². The lowest BCUT2D eigenvalue weighted by atomic mass is 9.85. The van der Waals surface area contributed by atoms with Crippen LogP contribution in [0.2, 0.25) is 0 Å². The molecule has 1 aliphatic carbocycles. The zero-order valence-corrected chi connectivity index (χ0v) is 9.20. The van der Waals surface area contributed by atoms with E-state index < -0.39 is 5.97 Å². The molecule has 15 heavy (non-hydrogen) atoms. The number of hydrogen-bond donors (Lipinski definition) is 1. The van der Waals surface area contributed by atoms with Gasteiger partial charge in [-0.1, -0.05) is 11.8 Å². The van der Waals surface area contributed by atoms with Gasteiger partial charge in [0.2, 0.25) is 0 Å². The summed E-state index contributed by atoms with van der Waals surface area (Å²) in [4.78, 5) is 19.1. The van der Waals surface area contributed by atoms with Gasteiger partial charge < -0.3 is 5.11 Å². The van der Waals surface area contributed by atoms with Crippen molar-refractivity contribution in [1.82, 2.24) is 9.97 Å². The minimum atomic E-state index is -0.703. The second-order valence-corrected chi connectivity index (χ2v) is 4.93. The standard InChI is InChI=1S/C10H12N2O2S/c1-6-4-11-10(12-5-6)15-8-3-2-7(8)9(13)14/h4-5,7-8H,2-3H2,1H3,(H,13,14). The normalized spacial score (nSPS) is 24.6. The van der Waals surface area contributed by atoms with Crippen LogP contribution >= 0.6 is 11.8 Å². The van der Waals surface area contributed by atoms with Crippen LogP contribution in [0.5, 0.6) is 0 Å². The number of carboxylic acids is 1. The molecule has 1 fully saturated rings. The van der Waals surface area contributed by atoms with Crippen molar-refractivity contribution in [2.45, 2.75) is 30.2 Å². The molecule has 1 saturated carbocycles. The number of nitrogens with zero attached hydrogens (tertiary/aromatic N) is 2. The molecule has 0 amide bonds. The zero-order valence-electron chi connectivity index (χ0n) is 8.38. The van der Waals surface area contributed by atoms with Crippen LogP contribution in [0.3, 0.4) is 0 Å². The molecule has 2 unspecified atom stereocenters. The molecule has 1 aliphatic rings. The maximum absolute atomic E-state index is 10.8. The third-order valence-corrected chi connectivity index (χ3v) is 3.83. The lowest BCUT2D eigenvalue weighted by molar-refractivity contribution is -0.144. The molecule has 2 atom stereocenters. The predicted molar refractivity (Wildman–Crippen MR) is 56.8 cm³/mol. The van der Waals surface area contributed by atoms with Crippen molar-refractivity contribution >= 4 is 17.7 Å². The van der Waals surface area contributed by atoms with Gasteiger partial charge in [-0.05, 0) is 25.3 Å². The Hall–Kier alpha value is -1.10. The van der Waals surface area contributed by atoms with Crippen molar-refractivity contribution in [2.75, 3.05) is 0 Å². The molecule has 2 rings (SSSR count). The fourth-order valence-electron chi connectivity index (χ4n) is 1.47. The summed E-state index contributed by atoms with van der Waals surface area (Å²) in [5.74, 6) is -0.925. The maximum atomic E-state index is 10.8. The summed E-state index contributed by atoms with van der Waals surface area (Å²) >= 11 is 1.47. The van der Waals surface area contributed by atoms with Gasteiger partial charge in [0.25, 0.3) is 0 Å². The van der Waals surface area contributed by atoms with Gasteiger partial charge in [0.15, 0.2) is 5.16 Å². The van der Waals surface area contributed by atoms with E-state index in [4.69, 9.17) is 5.11 Å².